The molecule has 1 saturated heterocycles. The zero-order chi connectivity index (χ0) is 16.8. The second kappa shape index (κ2) is 7.85. The van der Waals surface area contributed by atoms with Crippen molar-refractivity contribution >= 4 is 11.8 Å². The number of primary amides is 1. The van der Waals surface area contributed by atoms with Gasteiger partial charge in [-0.3, -0.25) is 9.59 Å². The van der Waals surface area contributed by atoms with E-state index in [1.165, 1.54) is 0 Å². The summed E-state index contributed by atoms with van der Waals surface area (Å²) >= 11 is 0. The normalized spacial score (nSPS) is 17.7. The van der Waals surface area contributed by atoms with Crippen molar-refractivity contribution in [2.45, 2.75) is 25.7 Å². The third kappa shape index (κ3) is 4.37. The van der Waals surface area contributed by atoms with Crippen molar-refractivity contribution in [3.05, 3.63) is 23.8 Å². The van der Waals surface area contributed by atoms with Gasteiger partial charge < -0.3 is 20.1 Å². The summed E-state index contributed by atoms with van der Waals surface area (Å²) in [5.41, 5.74) is 6.29. The number of nitrogens with zero attached hydrogens (tertiary/aromatic N) is 1. The van der Waals surface area contributed by atoms with Gasteiger partial charge in [-0.1, -0.05) is 0 Å². The smallest absolute Gasteiger partial charge is 0.222 e. The number of amides is 2. The molecule has 2 rings (SSSR count). The fourth-order valence-electron chi connectivity index (χ4n) is 2.91. The van der Waals surface area contributed by atoms with E-state index >= 15 is 0 Å². The highest BCUT2D eigenvalue weighted by Crippen LogP contribution is 2.25. The molecule has 1 aliphatic rings. The van der Waals surface area contributed by atoms with Gasteiger partial charge in [0.1, 0.15) is 11.5 Å². The van der Waals surface area contributed by atoms with Crippen molar-refractivity contribution in [2.75, 3.05) is 27.3 Å². The van der Waals surface area contributed by atoms with E-state index in [9.17, 15) is 9.59 Å². The first-order valence-electron chi connectivity index (χ1n) is 7.83. The fraction of sp³-hybridized carbons (Fsp3) is 0.529. The number of hydrogen-bond acceptors (Lipinski definition) is 4. The molecule has 1 unspecified atom stereocenters. The van der Waals surface area contributed by atoms with Gasteiger partial charge in [-0.15, -0.1) is 0 Å². The van der Waals surface area contributed by atoms with Crippen molar-refractivity contribution in [1.29, 1.82) is 0 Å². The summed E-state index contributed by atoms with van der Waals surface area (Å²) in [7, 11) is 3.21. The molecule has 0 aromatic heterocycles. The minimum Gasteiger partial charge on any atom is -0.497 e. The van der Waals surface area contributed by atoms with E-state index in [-0.39, 0.29) is 17.7 Å². The molecule has 23 heavy (non-hydrogen) atoms. The Morgan fingerprint density at radius 2 is 2.09 bits per heavy atom. The largest absolute Gasteiger partial charge is 0.497 e. The number of carbonyl (C=O) groups is 2. The van der Waals surface area contributed by atoms with Crippen molar-refractivity contribution in [2.24, 2.45) is 11.7 Å². The zero-order valence-corrected chi connectivity index (χ0v) is 13.7. The number of rotatable bonds is 6. The Balaban J connectivity index is 1.97. The number of ether oxygens (including phenoxy) is 2. The minimum absolute atomic E-state index is 0.0424. The number of aryl methyl sites for hydroxylation is 1. The topological polar surface area (TPSA) is 81.9 Å². The highest BCUT2D eigenvalue weighted by Gasteiger charge is 2.26. The summed E-state index contributed by atoms with van der Waals surface area (Å²) in [4.78, 5) is 25.4. The number of hydrogen-bond donors (Lipinski definition) is 1. The van der Waals surface area contributed by atoms with Gasteiger partial charge in [0.2, 0.25) is 11.8 Å². The molecule has 2 N–H and O–H groups in total. The number of carbonyl (C=O) groups excluding carboxylic acids is 2. The first kappa shape index (κ1) is 17.1. The third-order valence-corrected chi connectivity index (χ3v) is 4.27. The van der Waals surface area contributed by atoms with Gasteiger partial charge in [-0.2, -0.15) is 0 Å². The van der Waals surface area contributed by atoms with Crippen LogP contribution in [-0.4, -0.2) is 44.0 Å². The molecular weight excluding hydrogens is 296 g/mol. The summed E-state index contributed by atoms with van der Waals surface area (Å²) in [6, 6.07) is 5.55. The van der Waals surface area contributed by atoms with Gasteiger partial charge >= 0.3 is 0 Å². The Hall–Kier alpha value is -2.24. The van der Waals surface area contributed by atoms with E-state index in [0.717, 1.165) is 29.9 Å². The molecule has 1 fully saturated rings. The highest BCUT2D eigenvalue weighted by molar-refractivity contribution is 5.80. The van der Waals surface area contributed by atoms with Crippen LogP contribution in [-0.2, 0) is 16.0 Å². The van der Waals surface area contributed by atoms with E-state index in [0.29, 0.717) is 25.9 Å². The minimum atomic E-state index is -0.322. The zero-order valence-electron chi connectivity index (χ0n) is 13.7. The maximum Gasteiger partial charge on any atom is 0.222 e. The van der Waals surface area contributed by atoms with Crippen LogP contribution in [0.25, 0.3) is 0 Å². The molecule has 6 nitrogen and oxygen atoms in total. The Bertz CT molecular complexity index is 574. The molecule has 1 heterocycles. The number of methoxy groups -OCH3 is 2. The second-order valence-corrected chi connectivity index (χ2v) is 5.76. The molecule has 1 atom stereocenters. The lowest BCUT2D eigenvalue weighted by Gasteiger charge is -2.31. The van der Waals surface area contributed by atoms with Gasteiger partial charge in [0.15, 0.2) is 0 Å². The molecular formula is C17H24N2O4. The van der Waals surface area contributed by atoms with Crippen LogP contribution >= 0.6 is 0 Å². The summed E-state index contributed by atoms with van der Waals surface area (Å²) in [6.07, 6.45) is 2.52. The molecule has 2 amide bonds. The summed E-state index contributed by atoms with van der Waals surface area (Å²) in [6.45, 7) is 1.13. The molecule has 0 radical (unpaired) electrons. The van der Waals surface area contributed by atoms with Crippen LogP contribution in [0.1, 0.15) is 24.8 Å². The van der Waals surface area contributed by atoms with Crippen LogP contribution in [0.3, 0.4) is 0 Å². The Labute approximate surface area is 136 Å². The number of likely N-dealkylation sites (tertiary alicyclic amines) is 1. The van der Waals surface area contributed by atoms with Crippen LogP contribution in [0.4, 0.5) is 0 Å². The predicted molar refractivity (Wildman–Crippen MR) is 86.4 cm³/mol. The lowest BCUT2D eigenvalue weighted by atomic mass is 9.97. The Morgan fingerprint density at radius 1 is 1.30 bits per heavy atom. The first-order chi connectivity index (χ1) is 11.0. The molecule has 1 aromatic rings. The maximum absolute atomic E-state index is 12.4. The fourth-order valence-corrected chi connectivity index (χ4v) is 2.91. The Morgan fingerprint density at radius 3 is 2.74 bits per heavy atom. The first-order valence-corrected chi connectivity index (χ1v) is 7.83. The van der Waals surface area contributed by atoms with Crippen LogP contribution in [0.5, 0.6) is 11.5 Å². The van der Waals surface area contributed by atoms with Gasteiger partial charge in [-0.05, 0) is 43.0 Å². The monoisotopic (exact) mass is 320 g/mol. The summed E-state index contributed by atoms with van der Waals surface area (Å²) in [5.74, 6) is 0.976. The number of piperidine rings is 1. The molecule has 0 bridgehead atoms. The maximum atomic E-state index is 12.4. The van der Waals surface area contributed by atoms with Crippen molar-refractivity contribution in [3.8, 4) is 11.5 Å². The summed E-state index contributed by atoms with van der Waals surface area (Å²) in [5, 5.41) is 0. The average molecular weight is 320 g/mol. The van der Waals surface area contributed by atoms with E-state index in [1.807, 2.05) is 18.2 Å². The number of nitrogens with two attached hydrogens (primary N) is 1. The number of benzene rings is 1. The quantitative estimate of drug-likeness (QED) is 0.858. The van der Waals surface area contributed by atoms with Crippen LogP contribution < -0.4 is 15.2 Å². The molecule has 1 aliphatic heterocycles. The highest BCUT2D eigenvalue weighted by atomic mass is 16.5. The van der Waals surface area contributed by atoms with Crippen LogP contribution in [0, 0.1) is 5.92 Å². The van der Waals surface area contributed by atoms with E-state index in [2.05, 4.69) is 0 Å². The van der Waals surface area contributed by atoms with Gasteiger partial charge in [0, 0.05) is 19.5 Å². The standard InChI is InChI=1S/C17H24N2O4/c1-22-14-6-7-15(23-2)12(10-14)5-8-16(20)19-9-3-4-13(11-19)17(18)21/h6-7,10,13H,3-5,8-9,11H2,1-2H3,(H2,18,21). The van der Waals surface area contributed by atoms with E-state index in [1.54, 1.807) is 19.1 Å². The summed E-state index contributed by atoms with van der Waals surface area (Å²) < 4.78 is 10.5. The molecule has 126 valence electrons. The molecule has 0 aliphatic carbocycles. The Kier molecular flexibility index (Phi) is 5.84. The molecule has 1 aromatic carbocycles. The van der Waals surface area contributed by atoms with Gasteiger partial charge in [0.05, 0.1) is 20.1 Å². The third-order valence-electron chi connectivity index (χ3n) is 4.27. The van der Waals surface area contributed by atoms with Crippen molar-refractivity contribution < 1.29 is 19.1 Å². The van der Waals surface area contributed by atoms with Gasteiger partial charge in [-0.25, -0.2) is 0 Å². The van der Waals surface area contributed by atoms with Crippen LogP contribution in [0.2, 0.25) is 0 Å². The van der Waals surface area contributed by atoms with E-state index in [4.69, 9.17) is 15.2 Å². The lowest BCUT2D eigenvalue weighted by molar-refractivity contribution is -0.134. The van der Waals surface area contributed by atoms with E-state index < -0.39 is 0 Å². The molecule has 6 heteroatoms. The molecule has 0 spiro atoms. The van der Waals surface area contributed by atoms with Crippen molar-refractivity contribution in [1.82, 2.24) is 4.90 Å². The second-order valence-electron chi connectivity index (χ2n) is 5.76. The van der Waals surface area contributed by atoms with Gasteiger partial charge in [0.25, 0.3) is 0 Å². The SMILES string of the molecule is COc1ccc(OC)c(CCC(=O)N2CCCC(C(N)=O)C2)c1. The average Bonchev–Trinajstić information content (AvgIpc) is 2.59. The van der Waals surface area contributed by atoms with Crippen LogP contribution in [0.15, 0.2) is 18.2 Å². The lowest BCUT2D eigenvalue weighted by Crippen LogP contribution is -2.44. The molecule has 0 saturated carbocycles. The van der Waals surface area contributed by atoms with Crippen molar-refractivity contribution in [3.63, 3.8) is 0 Å². The predicted octanol–water partition coefficient (Wildman–Crippen LogP) is 1.36.